The van der Waals surface area contributed by atoms with Crippen molar-refractivity contribution in [1.82, 2.24) is 14.1 Å². The number of furan rings is 1. The molecule has 2 atom stereocenters. The normalized spacial score (nSPS) is 20.2. The summed E-state index contributed by atoms with van der Waals surface area (Å²) in [5, 5.41) is 4.49. The number of fused-ring (bicyclic) bond motifs is 2. The minimum Gasteiger partial charge on any atom is -0.461 e. The molecule has 39 heavy (non-hydrogen) atoms. The van der Waals surface area contributed by atoms with Crippen LogP contribution >= 0.6 is 0 Å². The highest BCUT2D eigenvalue weighted by Crippen LogP contribution is 2.47. The second kappa shape index (κ2) is 9.42. The van der Waals surface area contributed by atoms with Gasteiger partial charge in [-0.2, -0.15) is 18.3 Å². The Balaban J connectivity index is 1.37. The van der Waals surface area contributed by atoms with Crippen LogP contribution in [0.2, 0.25) is 0 Å². The van der Waals surface area contributed by atoms with Crippen molar-refractivity contribution in [2.24, 2.45) is 5.41 Å². The Kier molecular flexibility index (Phi) is 6.15. The maximum atomic E-state index is 13.9. The van der Waals surface area contributed by atoms with E-state index in [0.29, 0.717) is 18.7 Å². The molecular formula is C28H21F4N3O3S. The number of hydrogen-bond acceptors (Lipinski definition) is 4. The number of carbonyl (C=O) groups excluding carboxylic acids is 1. The van der Waals surface area contributed by atoms with Gasteiger partial charge in [0.2, 0.25) is 5.78 Å². The Morgan fingerprint density at radius 1 is 1.05 bits per heavy atom. The third-order valence-electron chi connectivity index (χ3n) is 7.25. The van der Waals surface area contributed by atoms with Crippen LogP contribution in [0.3, 0.4) is 0 Å². The standard InChI is InChI=1S/C28H21F4N3O3S/c29-21-5-7-22(8-6-21)35-24-14-20-11-12-34(39(37)23-9-3-19(4-10-23)28(30,31)32)17-27(20,15-18(24)16-33-35)26(36)25-2-1-13-38-25/h1-10,13-14,16H,11-12,15,17H2. The number of piperidine rings is 1. The minimum absolute atomic E-state index is 0.0766. The van der Waals surface area contributed by atoms with Gasteiger partial charge in [-0.1, -0.05) is 5.57 Å². The van der Waals surface area contributed by atoms with Gasteiger partial charge in [-0.3, -0.25) is 4.79 Å². The lowest BCUT2D eigenvalue weighted by atomic mass is 9.65. The van der Waals surface area contributed by atoms with Crippen molar-refractivity contribution in [3.05, 3.63) is 107 Å². The summed E-state index contributed by atoms with van der Waals surface area (Å²) in [5.74, 6) is -0.472. The first-order valence-corrected chi connectivity index (χ1v) is 13.2. The van der Waals surface area contributed by atoms with Crippen LogP contribution < -0.4 is 0 Å². The Bertz CT molecular complexity index is 1590. The van der Waals surface area contributed by atoms with Gasteiger partial charge in [0.05, 0.1) is 39.7 Å². The molecule has 1 fully saturated rings. The molecule has 200 valence electrons. The van der Waals surface area contributed by atoms with E-state index < -0.39 is 28.1 Å². The van der Waals surface area contributed by atoms with Crippen LogP contribution in [0.4, 0.5) is 17.6 Å². The second-order valence-electron chi connectivity index (χ2n) is 9.56. The number of ketones is 1. The zero-order valence-electron chi connectivity index (χ0n) is 20.3. The van der Waals surface area contributed by atoms with Crippen molar-refractivity contribution in [2.75, 3.05) is 13.1 Å². The monoisotopic (exact) mass is 555 g/mol. The number of halogens is 4. The molecule has 0 saturated carbocycles. The van der Waals surface area contributed by atoms with Crippen molar-refractivity contribution < 1.29 is 31.0 Å². The molecule has 0 spiro atoms. The molecule has 11 heteroatoms. The first-order valence-electron chi connectivity index (χ1n) is 12.1. The third kappa shape index (κ3) is 4.45. The van der Waals surface area contributed by atoms with Crippen LogP contribution in [-0.4, -0.2) is 37.2 Å². The van der Waals surface area contributed by atoms with E-state index in [-0.39, 0.29) is 35.2 Å². The highest BCUT2D eigenvalue weighted by Gasteiger charge is 2.50. The predicted octanol–water partition coefficient (Wildman–Crippen LogP) is 5.86. The van der Waals surface area contributed by atoms with Crippen molar-refractivity contribution in [3.63, 3.8) is 0 Å². The van der Waals surface area contributed by atoms with Crippen LogP contribution in [-0.2, 0) is 23.6 Å². The maximum Gasteiger partial charge on any atom is 0.416 e. The highest BCUT2D eigenvalue weighted by atomic mass is 32.2. The van der Waals surface area contributed by atoms with Crippen molar-refractivity contribution in [2.45, 2.75) is 23.9 Å². The quantitative estimate of drug-likeness (QED) is 0.229. The van der Waals surface area contributed by atoms with Crippen LogP contribution in [0, 0.1) is 11.2 Å². The molecule has 0 amide bonds. The van der Waals surface area contributed by atoms with Crippen LogP contribution in [0.1, 0.15) is 33.8 Å². The van der Waals surface area contributed by atoms with Gasteiger partial charge >= 0.3 is 6.18 Å². The Morgan fingerprint density at radius 3 is 2.46 bits per heavy atom. The van der Waals surface area contributed by atoms with Gasteiger partial charge in [0.25, 0.3) is 0 Å². The lowest BCUT2D eigenvalue weighted by Gasteiger charge is -2.44. The number of Topliss-reactive ketones (excluding diaryl/α,β-unsaturated/α-hetero) is 1. The van der Waals surface area contributed by atoms with Gasteiger partial charge in [-0.05, 0) is 85.1 Å². The Hall–Kier alpha value is -3.83. The summed E-state index contributed by atoms with van der Waals surface area (Å²) in [6.45, 7) is 0.403. The van der Waals surface area contributed by atoms with Gasteiger partial charge in [0, 0.05) is 13.1 Å². The first-order chi connectivity index (χ1) is 18.7. The van der Waals surface area contributed by atoms with Crippen molar-refractivity contribution >= 4 is 22.8 Å². The van der Waals surface area contributed by atoms with E-state index in [2.05, 4.69) is 5.10 Å². The average Bonchev–Trinajstić information content (AvgIpc) is 3.61. The number of hydrogen-bond donors (Lipinski definition) is 0. The molecule has 1 saturated heterocycles. The van der Waals surface area contributed by atoms with E-state index in [0.717, 1.165) is 29.0 Å². The number of aromatic nitrogens is 2. The summed E-state index contributed by atoms with van der Waals surface area (Å²) in [6.07, 6.45) is 1.14. The molecule has 2 aliphatic rings. The molecule has 1 aliphatic carbocycles. The lowest BCUT2D eigenvalue weighted by Crippen LogP contribution is -2.51. The number of alkyl halides is 3. The summed E-state index contributed by atoms with van der Waals surface area (Å²) >= 11 is 0. The number of carbonyl (C=O) groups is 1. The largest absolute Gasteiger partial charge is 0.461 e. The second-order valence-corrected chi connectivity index (χ2v) is 11.0. The van der Waals surface area contributed by atoms with Crippen molar-refractivity contribution in [3.8, 4) is 5.69 Å². The molecular weight excluding hydrogens is 534 g/mol. The Morgan fingerprint density at radius 2 is 1.79 bits per heavy atom. The van der Waals surface area contributed by atoms with E-state index in [1.807, 2.05) is 6.08 Å². The molecule has 3 heterocycles. The zero-order valence-corrected chi connectivity index (χ0v) is 21.1. The van der Waals surface area contributed by atoms with Gasteiger partial charge in [0.15, 0.2) is 5.76 Å². The molecule has 2 aromatic heterocycles. The SMILES string of the molecule is O=C(c1ccco1)C12Cc3cnn(-c4ccc(F)cc4)c3C=C1CCN(S(=O)c1ccc(C(F)(F)F)cc1)C2. The Labute approximate surface area is 223 Å². The number of nitrogens with zero attached hydrogens (tertiary/aromatic N) is 3. The summed E-state index contributed by atoms with van der Waals surface area (Å²) in [4.78, 5) is 14.2. The highest BCUT2D eigenvalue weighted by molar-refractivity contribution is 7.82. The fourth-order valence-corrected chi connectivity index (χ4v) is 6.56. The van der Waals surface area contributed by atoms with E-state index in [9.17, 15) is 26.6 Å². The number of rotatable bonds is 5. The smallest absolute Gasteiger partial charge is 0.416 e. The summed E-state index contributed by atoms with van der Waals surface area (Å²) in [5.41, 5.74) is 1.11. The topological polar surface area (TPSA) is 68.3 Å². The fourth-order valence-electron chi connectivity index (χ4n) is 5.30. The first kappa shape index (κ1) is 25.4. The van der Waals surface area contributed by atoms with Crippen LogP contribution in [0.15, 0.2) is 88.0 Å². The minimum atomic E-state index is -4.50. The van der Waals surface area contributed by atoms with Crippen LogP contribution in [0.5, 0.6) is 0 Å². The van der Waals surface area contributed by atoms with Gasteiger partial charge in [-0.15, -0.1) is 0 Å². The third-order valence-corrected chi connectivity index (χ3v) is 8.71. The molecule has 4 aromatic rings. The molecule has 6 nitrogen and oxygen atoms in total. The van der Waals surface area contributed by atoms with E-state index in [4.69, 9.17) is 4.42 Å². The molecule has 2 aromatic carbocycles. The zero-order chi connectivity index (χ0) is 27.4. The van der Waals surface area contributed by atoms with Crippen LogP contribution in [0.25, 0.3) is 11.8 Å². The van der Waals surface area contributed by atoms with Gasteiger partial charge in [0.1, 0.15) is 16.8 Å². The predicted molar refractivity (Wildman–Crippen MR) is 135 cm³/mol. The average molecular weight is 556 g/mol. The molecule has 0 bridgehead atoms. The number of benzene rings is 2. The van der Waals surface area contributed by atoms with Gasteiger partial charge < -0.3 is 4.42 Å². The maximum absolute atomic E-state index is 13.9. The van der Waals surface area contributed by atoms with Gasteiger partial charge in [-0.25, -0.2) is 17.6 Å². The van der Waals surface area contributed by atoms with E-state index in [1.54, 1.807) is 39.4 Å². The lowest BCUT2D eigenvalue weighted by molar-refractivity contribution is -0.137. The molecule has 2 unspecified atom stereocenters. The molecule has 1 aliphatic heterocycles. The van der Waals surface area contributed by atoms with E-state index >= 15 is 0 Å². The summed E-state index contributed by atoms with van der Waals surface area (Å²) in [7, 11) is -1.79. The van der Waals surface area contributed by atoms with Crippen molar-refractivity contribution in [1.29, 1.82) is 0 Å². The molecule has 0 radical (unpaired) electrons. The summed E-state index contributed by atoms with van der Waals surface area (Å²) in [6, 6.07) is 13.4. The van der Waals surface area contributed by atoms with E-state index in [1.165, 1.54) is 30.5 Å². The molecule has 0 N–H and O–H groups in total. The molecule has 6 rings (SSSR count). The summed E-state index contributed by atoms with van der Waals surface area (Å²) < 4.78 is 74.8. The fraction of sp³-hybridized carbons (Fsp3) is 0.214.